The molecule has 1 aliphatic rings. The third-order valence-electron chi connectivity index (χ3n) is 4.24. The average molecular weight is 212 g/mol. The molecule has 0 aromatic rings. The Hall–Kier alpha value is -0.0800. The maximum atomic E-state index is 3.64. The third kappa shape index (κ3) is 3.76. The lowest BCUT2D eigenvalue weighted by Gasteiger charge is -2.30. The first kappa shape index (κ1) is 13.0. The van der Waals surface area contributed by atoms with E-state index in [1.165, 1.54) is 19.5 Å². The minimum Gasteiger partial charge on any atom is -0.316 e. The van der Waals surface area contributed by atoms with Crippen molar-refractivity contribution in [2.75, 3.05) is 19.6 Å². The quantitative estimate of drug-likeness (QED) is 0.730. The van der Waals surface area contributed by atoms with Gasteiger partial charge in [0.25, 0.3) is 0 Å². The Morgan fingerprint density at radius 2 is 2.07 bits per heavy atom. The van der Waals surface area contributed by atoms with Crippen LogP contribution >= 0.6 is 0 Å². The van der Waals surface area contributed by atoms with Gasteiger partial charge >= 0.3 is 0 Å². The summed E-state index contributed by atoms with van der Waals surface area (Å²) in [5.74, 6) is 1.57. The van der Waals surface area contributed by atoms with Gasteiger partial charge in [0.1, 0.15) is 0 Å². The molecule has 0 aliphatic carbocycles. The highest BCUT2D eigenvalue weighted by Gasteiger charge is 2.25. The summed E-state index contributed by atoms with van der Waals surface area (Å²) in [5, 5.41) is 7.14. The van der Waals surface area contributed by atoms with Crippen molar-refractivity contribution in [3.63, 3.8) is 0 Å². The van der Waals surface area contributed by atoms with Crippen LogP contribution in [0.25, 0.3) is 0 Å². The molecule has 2 heteroatoms. The summed E-state index contributed by atoms with van der Waals surface area (Å²) < 4.78 is 0. The Morgan fingerprint density at radius 1 is 1.40 bits per heavy atom. The van der Waals surface area contributed by atoms with Crippen LogP contribution in [0, 0.1) is 17.3 Å². The normalized spacial score (nSPS) is 27.6. The SMILES string of the molecule is CC1NCCC1CNCC(C)(C)C(C)C. The second kappa shape index (κ2) is 5.31. The average Bonchev–Trinajstić information content (AvgIpc) is 2.51. The first-order chi connectivity index (χ1) is 6.93. The van der Waals surface area contributed by atoms with Crippen LogP contribution in [-0.2, 0) is 0 Å². The van der Waals surface area contributed by atoms with Gasteiger partial charge in [-0.2, -0.15) is 0 Å². The van der Waals surface area contributed by atoms with E-state index in [1.807, 2.05) is 0 Å². The smallest absolute Gasteiger partial charge is 0.00795 e. The van der Waals surface area contributed by atoms with E-state index in [0.717, 1.165) is 18.4 Å². The minimum absolute atomic E-state index is 0.412. The molecule has 2 unspecified atom stereocenters. The zero-order valence-corrected chi connectivity index (χ0v) is 11.1. The Morgan fingerprint density at radius 3 is 2.53 bits per heavy atom. The van der Waals surface area contributed by atoms with Crippen LogP contribution in [-0.4, -0.2) is 25.7 Å². The molecule has 0 radical (unpaired) electrons. The van der Waals surface area contributed by atoms with E-state index < -0.39 is 0 Å². The minimum atomic E-state index is 0.412. The molecule has 0 saturated carbocycles. The molecule has 1 fully saturated rings. The zero-order valence-electron chi connectivity index (χ0n) is 11.1. The fourth-order valence-electron chi connectivity index (χ4n) is 1.98. The molecule has 90 valence electrons. The van der Waals surface area contributed by atoms with Gasteiger partial charge in [0.05, 0.1) is 0 Å². The van der Waals surface area contributed by atoms with E-state index in [0.29, 0.717) is 11.5 Å². The van der Waals surface area contributed by atoms with Crippen molar-refractivity contribution >= 4 is 0 Å². The van der Waals surface area contributed by atoms with Crippen molar-refractivity contribution in [2.24, 2.45) is 17.3 Å². The molecule has 15 heavy (non-hydrogen) atoms. The highest BCUT2D eigenvalue weighted by Crippen LogP contribution is 2.25. The van der Waals surface area contributed by atoms with Gasteiger partial charge in [0.15, 0.2) is 0 Å². The van der Waals surface area contributed by atoms with E-state index in [-0.39, 0.29) is 0 Å². The zero-order chi connectivity index (χ0) is 11.5. The Balaban J connectivity index is 2.21. The van der Waals surface area contributed by atoms with Gasteiger partial charge in [-0.05, 0) is 43.7 Å². The summed E-state index contributed by atoms with van der Waals surface area (Å²) >= 11 is 0. The molecule has 0 spiro atoms. The lowest BCUT2D eigenvalue weighted by Crippen LogP contribution is -2.38. The summed E-state index contributed by atoms with van der Waals surface area (Å²) in [6.07, 6.45) is 1.33. The fourth-order valence-corrected chi connectivity index (χ4v) is 1.98. The van der Waals surface area contributed by atoms with E-state index >= 15 is 0 Å². The third-order valence-corrected chi connectivity index (χ3v) is 4.24. The largest absolute Gasteiger partial charge is 0.316 e. The van der Waals surface area contributed by atoms with Gasteiger partial charge in [-0.1, -0.05) is 27.7 Å². The molecule has 2 atom stereocenters. The van der Waals surface area contributed by atoms with Crippen LogP contribution < -0.4 is 10.6 Å². The standard InChI is InChI=1S/C13H28N2/c1-10(2)13(4,5)9-14-8-12-6-7-15-11(12)3/h10-12,14-15H,6-9H2,1-5H3. The maximum absolute atomic E-state index is 3.64. The molecule has 1 rings (SSSR count). The summed E-state index contributed by atoms with van der Waals surface area (Å²) in [6, 6.07) is 0.694. The summed E-state index contributed by atoms with van der Waals surface area (Å²) in [7, 11) is 0. The van der Waals surface area contributed by atoms with Gasteiger partial charge in [0.2, 0.25) is 0 Å². The molecular formula is C13H28N2. The molecule has 1 aliphatic heterocycles. The predicted molar refractivity (Wildman–Crippen MR) is 67.1 cm³/mol. The van der Waals surface area contributed by atoms with Gasteiger partial charge in [-0.3, -0.25) is 0 Å². The number of nitrogens with one attached hydrogen (secondary N) is 2. The van der Waals surface area contributed by atoms with Crippen LogP contribution in [0.15, 0.2) is 0 Å². The van der Waals surface area contributed by atoms with E-state index in [2.05, 4.69) is 45.3 Å². The van der Waals surface area contributed by atoms with Gasteiger partial charge < -0.3 is 10.6 Å². The first-order valence-corrected chi connectivity index (χ1v) is 6.37. The summed E-state index contributed by atoms with van der Waals surface area (Å²) in [6.45, 7) is 15.1. The molecule has 2 nitrogen and oxygen atoms in total. The van der Waals surface area contributed by atoms with Crippen LogP contribution in [0.1, 0.15) is 41.0 Å². The lowest BCUT2D eigenvalue weighted by molar-refractivity contribution is 0.232. The molecule has 1 heterocycles. The molecule has 0 aromatic carbocycles. The molecule has 2 N–H and O–H groups in total. The van der Waals surface area contributed by atoms with Crippen molar-refractivity contribution < 1.29 is 0 Å². The highest BCUT2D eigenvalue weighted by molar-refractivity contribution is 4.83. The second-order valence-electron chi connectivity index (χ2n) is 6.07. The summed E-state index contributed by atoms with van der Waals surface area (Å²) in [4.78, 5) is 0. The monoisotopic (exact) mass is 212 g/mol. The van der Waals surface area contributed by atoms with Crippen molar-refractivity contribution in [3.05, 3.63) is 0 Å². The van der Waals surface area contributed by atoms with Crippen LogP contribution in [0.5, 0.6) is 0 Å². The van der Waals surface area contributed by atoms with Crippen molar-refractivity contribution in [2.45, 2.75) is 47.1 Å². The van der Waals surface area contributed by atoms with Crippen LogP contribution in [0.3, 0.4) is 0 Å². The van der Waals surface area contributed by atoms with Crippen LogP contribution in [0.4, 0.5) is 0 Å². The fraction of sp³-hybridized carbons (Fsp3) is 1.00. The highest BCUT2D eigenvalue weighted by atomic mass is 15.0. The van der Waals surface area contributed by atoms with E-state index in [9.17, 15) is 0 Å². The Labute approximate surface area is 95.2 Å². The maximum Gasteiger partial charge on any atom is 0.00795 e. The molecule has 0 amide bonds. The first-order valence-electron chi connectivity index (χ1n) is 6.37. The summed E-state index contributed by atoms with van der Waals surface area (Å²) in [5.41, 5.74) is 0.412. The van der Waals surface area contributed by atoms with Gasteiger partial charge in [-0.25, -0.2) is 0 Å². The Kier molecular flexibility index (Phi) is 4.60. The second-order valence-corrected chi connectivity index (χ2v) is 6.07. The van der Waals surface area contributed by atoms with Crippen molar-refractivity contribution in [1.29, 1.82) is 0 Å². The molecular weight excluding hydrogens is 184 g/mol. The van der Waals surface area contributed by atoms with Gasteiger partial charge in [-0.15, -0.1) is 0 Å². The Bertz CT molecular complexity index is 187. The number of hydrogen-bond acceptors (Lipinski definition) is 2. The topological polar surface area (TPSA) is 24.1 Å². The molecule has 0 aromatic heterocycles. The number of hydrogen-bond donors (Lipinski definition) is 2. The molecule has 1 saturated heterocycles. The number of rotatable bonds is 5. The van der Waals surface area contributed by atoms with E-state index in [1.54, 1.807) is 0 Å². The van der Waals surface area contributed by atoms with Gasteiger partial charge in [0, 0.05) is 12.6 Å². The van der Waals surface area contributed by atoms with Crippen molar-refractivity contribution in [1.82, 2.24) is 10.6 Å². The van der Waals surface area contributed by atoms with E-state index in [4.69, 9.17) is 0 Å². The molecule has 0 bridgehead atoms. The lowest BCUT2D eigenvalue weighted by atomic mass is 9.81. The van der Waals surface area contributed by atoms with Crippen LogP contribution in [0.2, 0.25) is 0 Å². The predicted octanol–water partition coefficient (Wildman–Crippen LogP) is 2.26. The van der Waals surface area contributed by atoms with Crippen molar-refractivity contribution in [3.8, 4) is 0 Å².